The maximum atomic E-state index is 13.1. The molecule has 116 valence electrons. The molecule has 1 atom stereocenters. The highest BCUT2D eigenvalue weighted by atomic mass is 19.2. The van der Waals surface area contributed by atoms with Crippen LogP contribution in [0.5, 0.6) is 0 Å². The predicted octanol–water partition coefficient (Wildman–Crippen LogP) is 3.22. The first kappa shape index (κ1) is 15.8. The lowest BCUT2D eigenvalue weighted by atomic mass is 10.2. The summed E-state index contributed by atoms with van der Waals surface area (Å²) < 4.78 is 25.9. The molecule has 2 aromatic rings. The van der Waals surface area contributed by atoms with Crippen molar-refractivity contribution in [1.82, 2.24) is 9.97 Å². The highest BCUT2D eigenvalue weighted by molar-refractivity contribution is 6.02. The molecule has 0 saturated carbocycles. The Hall–Kier alpha value is -2.57. The summed E-state index contributed by atoms with van der Waals surface area (Å²) in [6.45, 7) is 4.04. The van der Waals surface area contributed by atoms with E-state index < -0.39 is 17.5 Å². The number of aromatic nitrogens is 2. The SMILES string of the molecule is CCC(C)Nc1cnc(C(=O)Nc2ccc(F)c(F)c2)cn1. The van der Waals surface area contributed by atoms with E-state index in [0.717, 1.165) is 18.6 Å². The van der Waals surface area contributed by atoms with Crippen LogP contribution in [0.2, 0.25) is 0 Å². The smallest absolute Gasteiger partial charge is 0.275 e. The predicted molar refractivity (Wildman–Crippen MR) is 79.7 cm³/mol. The number of carbonyl (C=O) groups excluding carboxylic acids is 1. The van der Waals surface area contributed by atoms with E-state index >= 15 is 0 Å². The van der Waals surface area contributed by atoms with Crippen LogP contribution in [0.1, 0.15) is 30.8 Å². The minimum absolute atomic E-state index is 0.0828. The highest BCUT2D eigenvalue weighted by Gasteiger charge is 2.10. The van der Waals surface area contributed by atoms with Crippen molar-refractivity contribution in [1.29, 1.82) is 0 Å². The van der Waals surface area contributed by atoms with E-state index in [1.807, 2.05) is 13.8 Å². The van der Waals surface area contributed by atoms with Crippen LogP contribution in [0.4, 0.5) is 20.3 Å². The first-order chi connectivity index (χ1) is 10.5. The fraction of sp³-hybridized carbons (Fsp3) is 0.267. The number of hydrogen-bond acceptors (Lipinski definition) is 4. The quantitative estimate of drug-likeness (QED) is 0.890. The van der Waals surface area contributed by atoms with Gasteiger partial charge in [-0.05, 0) is 25.5 Å². The lowest BCUT2D eigenvalue weighted by molar-refractivity contribution is 0.102. The number of nitrogens with zero attached hydrogens (tertiary/aromatic N) is 2. The maximum Gasteiger partial charge on any atom is 0.275 e. The Balaban J connectivity index is 2.04. The van der Waals surface area contributed by atoms with Gasteiger partial charge in [-0.3, -0.25) is 4.79 Å². The van der Waals surface area contributed by atoms with Crippen molar-refractivity contribution in [2.75, 3.05) is 10.6 Å². The zero-order valence-corrected chi connectivity index (χ0v) is 12.2. The molecule has 1 aromatic heterocycles. The maximum absolute atomic E-state index is 13.1. The van der Waals surface area contributed by atoms with Gasteiger partial charge in [0.05, 0.1) is 12.4 Å². The Morgan fingerprint density at radius 2 is 2.00 bits per heavy atom. The fourth-order valence-electron chi connectivity index (χ4n) is 1.64. The van der Waals surface area contributed by atoms with E-state index in [2.05, 4.69) is 20.6 Å². The van der Waals surface area contributed by atoms with E-state index in [9.17, 15) is 13.6 Å². The van der Waals surface area contributed by atoms with Gasteiger partial charge in [0.25, 0.3) is 5.91 Å². The van der Waals surface area contributed by atoms with Crippen molar-refractivity contribution in [2.24, 2.45) is 0 Å². The van der Waals surface area contributed by atoms with E-state index in [-0.39, 0.29) is 17.4 Å². The van der Waals surface area contributed by atoms with Crippen LogP contribution in [0.25, 0.3) is 0 Å². The van der Waals surface area contributed by atoms with Crippen molar-refractivity contribution in [2.45, 2.75) is 26.3 Å². The van der Waals surface area contributed by atoms with Gasteiger partial charge in [-0.15, -0.1) is 0 Å². The Morgan fingerprint density at radius 1 is 1.23 bits per heavy atom. The Labute approximate surface area is 126 Å². The molecule has 7 heteroatoms. The van der Waals surface area contributed by atoms with Crippen LogP contribution in [0.15, 0.2) is 30.6 Å². The molecule has 5 nitrogen and oxygen atoms in total. The lowest BCUT2D eigenvalue weighted by Gasteiger charge is -2.11. The normalized spacial score (nSPS) is 11.8. The average molecular weight is 306 g/mol. The monoisotopic (exact) mass is 306 g/mol. The molecule has 1 amide bonds. The molecule has 2 N–H and O–H groups in total. The molecular weight excluding hydrogens is 290 g/mol. The van der Waals surface area contributed by atoms with Crippen LogP contribution in [-0.4, -0.2) is 21.9 Å². The van der Waals surface area contributed by atoms with Crippen molar-refractivity contribution in [3.8, 4) is 0 Å². The second kappa shape index (κ2) is 6.93. The molecule has 22 heavy (non-hydrogen) atoms. The summed E-state index contributed by atoms with van der Waals surface area (Å²) in [5, 5.41) is 5.55. The molecule has 0 saturated heterocycles. The van der Waals surface area contributed by atoms with E-state index in [1.165, 1.54) is 18.5 Å². The van der Waals surface area contributed by atoms with E-state index in [4.69, 9.17) is 0 Å². The summed E-state index contributed by atoms with van der Waals surface area (Å²) in [7, 11) is 0. The van der Waals surface area contributed by atoms with Gasteiger partial charge in [-0.25, -0.2) is 18.7 Å². The van der Waals surface area contributed by atoms with Crippen LogP contribution >= 0.6 is 0 Å². The average Bonchev–Trinajstić information content (AvgIpc) is 2.51. The Bertz CT molecular complexity index is 661. The second-order valence-corrected chi connectivity index (χ2v) is 4.82. The van der Waals surface area contributed by atoms with Gasteiger partial charge in [0, 0.05) is 17.8 Å². The number of benzene rings is 1. The molecule has 0 radical (unpaired) electrons. The third-order valence-electron chi connectivity index (χ3n) is 3.07. The zero-order chi connectivity index (χ0) is 16.1. The minimum atomic E-state index is -1.03. The number of carbonyl (C=O) groups is 1. The first-order valence-electron chi connectivity index (χ1n) is 6.84. The molecule has 1 aromatic carbocycles. The molecule has 0 aliphatic carbocycles. The van der Waals surface area contributed by atoms with Gasteiger partial charge in [0.1, 0.15) is 11.5 Å². The van der Waals surface area contributed by atoms with Crippen LogP contribution in [0.3, 0.4) is 0 Å². The Kier molecular flexibility index (Phi) is 4.98. The molecule has 1 heterocycles. The molecule has 0 spiro atoms. The van der Waals surface area contributed by atoms with E-state index in [0.29, 0.717) is 5.82 Å². The second-order valence-electron chi connectivity index (χ2n) is 4.82. The van der Waals surface area contributed by atoms with Crippen LogP contribution in [-0.2, 0) is 0 Å². The summed E-state index contributed by atoms with van der Waals surface area (Å²) in [6.07, 6.45) is 3.70. The summed E-state index contributed by atoms with van der Waals surface area (Å²) in [4.78, 5) is 20.0. The third kappa shape index (κ3) is 3.97. The van der Waals surface area contributed by atoms with Gasteiger partial charge >= 0.3 is 0 Å². The van der Waals surface area contributed by atoms with E-state index in [1.54, 1.807) is 0 Å². The largest absolute Gasteiger partial charge is 0.366 e. The minimum Gasteiger partial charge on any atom is -0.366 e. The number of hydrogen-bond donors (Lipinski definition) is 2. The number of nitrogens with one attached hydrogen (secondary N) is 2. The number of halogens is 2. The molecule has 2 rings (SSSR count). The molecule has 0 bridgehead atoms. The van der Waals surface area contributed by atoms with Crippen LogP contribution < -0.4 is 10.6 Å². The third-order valence-corrected chi connectivity index (χ3v) is 3.07. The molecule has 0 fully saturated rings. The summed E-state index contributed by atoms with van der Waals surface area (Å²) in [5.74, 6) is -1.98. The lowest BCUT2D eigenvalue weighted by Crippen LogP contribution is -2.17. The van der Waals surface area contributed by atoms with Crippen LogP contribution in [0, 0.1) is 11.6 Å². The van der Waals surface area contributed by atoms with Crippen molar-refractivity contribution in [3.63, 3.8) is 0 Å². The van der Waals surface area contributed by atoms with Crippen molar-refractivity contribution < 1.29 is 13.6 Å². The summed E-state index contributed by atoms with van der Waals surface area (Å²) in [5.41, 5.74) is 0.229. The molecule has 0 aliphatic heterocycles. The number of amides is 1. The van der Waals surface area contributed by atoms with Crippen molar-refractivity contribution >= 4 is 17.4 Å². The summed E-state index contributed by atoms with van der Waals surface area (Å²) in [6, 6.07) is 3.36. The first-order valence-corrected chi connectivity index (χ1v) is 6.84. The molecular formula is C15H16F2N4O. The summed E-state index contributed by atoms with van der Waals surface area (Å²) >= 11 is 0. The van der Waals surface area contributed by atoms with Gasteiger partial charge in [-0.1, -0.05) is 6.92 Å². The van der Waals surface area contributed by atoms with Gasteiger partial charge in [-0.2, -0.15) is 0 Å². The topological polar surface area (TPSA) is 66.9 Å². The highest BCUT2D eigenvalue weighted by Crippen LogP contribution is 2.14. The Morgan fingerprint density at radius 3 is 2.59 bits per heavy atom. The number of anilines is 2. The molecule has 0 aliphatic rings. The molecule has 1 unspecified atom stereocenters. The fourth-order valence-corrected chi connectivity index (χ4v) is 1.64. The van der Waals surface area contributed by atoms with Crippen molar-refractivity contribution in [3.05, 3.63) is 47.9 Å². The van der Waals surface area contributed by atoms with Gasteiger partial charge in [0.2, 0.25) is 0 Å². The zero-order valence-electron chi connectivity index (χ0n) is 12.2. The number of rotatable bonds is 5. The van der Waals surface area contributed by atoms with Gasteiger partial charge < -0.3 is 10.6 Å². The standard InChI is InChI=1S/C15H16F2N4O/c1-3-9(2)20-14-8-18-13(7-19-14)15(22)21-10-4-5-11(16)12(17)6-10/h4-9H,3H2,1-2H3,(H,19,20)(H,21,22). The van der Waals surface area contributed by atoms with Gasteiger partial charge in [0.15, 0.2) is 11.6 Å².